The lowest BCUT2D eigenvalue weighted by Crippen LogP contribution is -2.38. The van der Waals surface area contributed by atoms with E-state index in [0.29, 0.717) is 10.4 Å². The molecule has 0 unspecified atom stereocenters. The fraction of sp³-hybridized carbons (Fsp3) is 0.417. The highest BCUT2D eigenvalue weighted by molar-refractivity contribution is 14.1. The highest BCUT2D eigenvalue weighted by atomic mass is 127. The Balaban J connectivity index is 2.11. The highest BCUT2D eigenvalue weighted by Gasteiger charge is 2.22. The molecule has 1 amide bonds. The number of hydrogen-bond acceptors (Lipinski definition) is 2. The van der Waals surface area contributed by atoms with Crippen LogP contribution in [0.1, 0.15) is 23.2 Å². The largest absolute Gasteiger partial charge is 0.507 e. The summed E-state index contributed by atoms with van der Waals surface area (Å²) in [6.07, 6.45) is 1.98. The molecule has 1 fully saturated rings. The van der Waals surface area contributed by atoms with Crippen molar-refractivity contribution in [3.05, 3.63) is 27.3 Å². The highest BCUT2D eigenvalue weighted by Crippen LogP contribution is 2.23. The van der Waals surface area contributed by atoms with Gasteiger partial charge < -0.3 is 10.0 Å². The van der Waals surface area contributed by atoms with E-state index in [9.17, 15) is 9.90 Å². The first-order valence-electron chi connectivity index (χ1n) is 5.50. The van der Waals surface area contributed by atoms with Crippen molar-refractivity contribution in [3.63, 3.8) is 0 Å². The number of amides is 1. The summed E-state index contributed by atoms with van der Waals surface area (Å²) in [5, 5.41) is 9.60. The van der Waals surface area contributed by atoms with Crippen LogP contribution in [0.25, 0.3) is 0 Å². The molecule has 1 heterocycles. The number of phenols is 1. The maximum atomic E-state index is 12.2. The molecule has 2 rings (SSSR count). The fourth-order valence-electron chi connectivity index (χ4n) is 1.88. The van der Waals surface area contributed by atoms with Crippen LogP contribution in [0.5, 0.6) is 5.75 Å². The minimum atomic E-state index is 0.0103. The Morgan fingerprint density at radius 2 is 2.06 bits per heavy atom. The second kappa shape index (κ2) is 5.56. The maximum Gasteiger partial charge on any atom is 0.253 e. The average Bonchev–Trinajstić information content (AvgIpc) is 2.33. The number of alkyl halides is 1. The molecule has 0 aromatic heterocycles. The van der Waals surface area contributed by atoms with Crippen molar-refractivity contribution in [2.75, 3.05) is 13.1 Å². The van der Waals surface area contributed by atoms with E-state index in [1.54, 1.807) is 18.2 Å². The smallest absolute Gasteiger partial charge is 0.253 e. The van der Waals surface area contributed by atoms with Gasteiger partial charge in [0.2, 0.25) is 0 Å². The van der Waals surface area contributed by atoms with Gasteiger partial charge in [0.25, 0.3) is 5.91 Å². The number of rotatable bonds is 1. The SMILES string of the molecule is O=C(c1ccc(I)c(O)c1)N1CCC(Br)CC1. The number of aromatic hydroxyl groups is 1. The number of piperidine rings is 1. The van der Waals surface area contributed by atoms with Crippen LogP contribution in [0.15, 0.2) is 18.2 Å². The van der Waals surface area contributed by atoms with Crippen molar-refractivity contribution < 1.29 is 9.90 Å². The summed E-state index contributed by atoms with van der Waals surface area (Å²) in [7, 11) is 0. The minimum absolute atomic E-state index is 0.0103. The van der Waals surface area contributed by atoms with Gasteiger partial charge in [-0.05, 0) is 53.6 Å². The van der Waals surface area contributed by atoms with Gasteiger partial charge in [0, 0.05) is 23.5 Å². The first-order valence-corrected chi connectivity index (χ1v) is 7.49. The van der Waals surface area contributed by atoms with Crippen LogP contribution >= 0.6 is 38.5 Å². The third-order valence-electron chi connectivity index (χ3n) is 2.90. The Labute approximate surface area is 122 Å². The summed E-state index contributed by atoms with van der Waals surface area (Å²) in [4.78, 5) is 14.5. The second-order valence-electron chi connectivity index (χ2n) is 4.13. The van der Waals surface area contributed by atoms with Gasteiger partial charge in [-0.3, -0.25) is 4.79 Å². The lowest BCUT2D eigenvalue weighted by molar-refractivity contribution is 0.0728. The quantitative estimate of drug-likeness (QED) is 0.572. The molecule has 1 N–H and O–H groups in total. The molecule has 92 valence electrons. The topological polar surface area (TPSA) is 40.5 Å². The molecule has 1 aromatic rings. The number of carbonyl (C=O) groups is 1. The Morgan fingerprint density at radius 1 is 1.41 bits per heavy atom. The molecule has 0 atom stereocenters. The van der Waals surface area contributed by atoms with Gasteiger partial charge in [-0.25, -0.2) is 0 Å². The molecule has 5 heteroatoms. The van der Waals surface area contributed by atoms with Crippen LogP contribution in [-0.4, -0.2) is 33.8 Å². The van der Waals surface area contributed by atoms with Crippen LogP contribution in [0.4, 0.5) is 0 Å². The molecule has 0 radical (unpaired) electrons. The van der Waals surface area contributed by atoms with E-state index in [1.165, 1.54) is 0 Å². The molecule has 0 spiro atoms. The zero-order chi connectivity index (χ0) is 12.4. The number of benzene rings is 1. The van der Waals surface area contributed by atoms with Crippen molar-refractivity contribution in [1.29, 1.82) is 0 Å². The Kier molecular flexibility index (Phi) is 4.30. The molecule has 0 saturated carbocycles. The maximum absolute atomic E-state index is 12.2. The van der Waals surface area contributed by atoms with Gasteiger partial charge in [-0.1, -0.05) is 15.9 Å². The Bertz CT molecular complexity index is 431. The first kappa shape index (κ1) is 13.1. The molecule has 0 bridgehead atoms. The molecule has 0 aliphatic carbocycles. The number of phenolic OH excluding ortho intramolecular Hbond substituents is 1. The van der Waals surface area contributed by atoms with Crippen LogP contribution < -0.4 is 0 Å². The summed E-state index contributed by atoms with van der Waals surface area (Å²) in [6.45, 7) is 1.56. The molecule has 1 aliphatic heterocycles. The van der Waals surface area contributed by atoms with Crippen molar-refractivity contribution in [2.24, 2.45) is 0 Å². The van der Waals surface area contributed by atoms with Gasteiger partial charge >= 0.3 is 0 Å². The number of carbonyl (C=O) groups excluding carboxylic acids is 1. The molecular weight excluding hydrogens is 397 g/mol. The summed E-state index contributed by atoms with van der Waals surface area (Å²) < 4.78 is 0.762. The van der Waals surface area contributed by atoms with Crippen molar-refractivity contribution in [1.82, 2.24) is 4.90 Å². The van der Waals surface area contributed by atoms with E-state index in [2.05, 4.69) is 15.9 Å². The van der Waals surface area contributed by atoms with Gasteiger partial charge in [-0.15, -0.1) is 0 Å². The molecule has 17 heavy (non-hydrogen) atoms. The number of nitrogens with zero attached hydrogens (tertiary/aromatic N) is 1. The van der Waals surface area contributed by atoms with Gasteiger partial charge in [-0.2, -0.15) is 0 Å². The van der Waals surface area contributed by atoms with E-state index >= 15 is 0 Å². The lowest BCUT2D eigenvalue weighted by atomic mass is 10.1. The first-order chi connectivity index (χ1) is 8.08. The number of hydrogen-bond donors (Lipinski definition) is 1. The summed E-state index contributed by atoms with van der Waals surface area (Å²) in [6, 6.07) is 5.08. The normalized spacial score (nSPS) is 17.2. The molecule has 3 nitrogen and oxygen atoms in total. The van der Waals surface area contributed by atoms with Crippen molar-refractivity contribution in [2.45, 2.75) is 17.7 Å². The van der Waals surface area contributed by atoms with E-state index in [1.807, 2.05) is 27.5 Å². The predicted octanol–water partition coefficient (Wildman–Crippen LogP) is 3.00. The Hall–Kier alpha value is -0.300. The third kappa shape index (κ3) is 3.13. The number of likely N-dealkylation sites (tertiary alicyclic amines) is 1. The summed E-state index contributed by atoms with van der Waals surface area (Å²) >= 11 is 5.60. The minimum Gasteiger partial charge on any atom is -0.507 e. The van der Waals surface area contributed by atoms with Gasteiger partial charge in [0.15, 0.2) is 0 Å². The fourth-order valence-corrected chi connectivity index (χ4v) is 2.62. The lowest BCUT2D eigenvalue weighted by Gasteiger charge is -2.29. The van der Waals surface area contributed by atoms with Gasteiger partial charge in [0.1, 0.15) is 5.75 Å². The van der Waals surface area contributed by atoms with Crippen LogP contribution in [-0.2, 0) is 0 Å². The zero-order valence-electron chi connectivity index (χ0n) is 9.20. The van der Waals surface area contributed by atoms with Crippen LogP contribution in [0.2, 0.25) is 0 Å². The molecule has 1 aromatic carbocycles. The monoisotopic (exact) mass is 409 g/mol. The zero-order valence-corrected chi connectivity index (χ0v) is 12.9. The average molecular weight is 410 g/mol. The van der Waals surface area contributed by atoms with E-state index in [-0.39, 0.29) is 11.7 Å². The predicted molar refractivity (Wildman–Crippen MR) is 78.7 cm³/mol. The van der Waals surface area contributed by atoms with E-state index in [4.69, 9.17) is 0 Å². The summed E-state index contributed by atoms with van der Waals surface area (Å²) in [5.41, 5.74) is 0.566. The number of halogens is 2. The Morgan fingerprint density at radius 3 is 2.65 bits per heavy atom. The van der Waals surface area contributed by atoms with Crippen molar-refractivity contribution in [3.8, 4) is 5.75 Å². The second-order valence-corrected chi connectivity index (χ2v) is 6.59. The van der Waals surface area contributed by atoms with Gasteiger partial charge in [0.05, 0.1) is 3.57 Å². The van der Waals surface area contributed by atoms with Crippen molar-refractivity contribution >= 4 is 44.4 Å². The van der Waals surface area contributed by atoms with Crippen LogP contribution in [0, 0.1) is 3.57 Å². The molecule has 1 saturated heterocycles. The van der Waals surface area contributed by atoms with E-state index < -0.39 is 0 Å². The third-order valence-corrected chi connectivity index (χ3v) is 4.73. The van der Waals surface area contributed by atoms with E-state index in [0.717, 1.165) is 29.5 Å². The molecule has 1 aliphatic rings. The molecular formula is C12H13BrINO2. The van der Waals surface area contributed by atoms with Crippen LogP contribution in [0.3, 0.4) is 0 Å². The summed E-state index contributed by atoms with van der Waals surface area (Å²) in [5.74, 6) is 0.183. The standard InChI is InChI=1S/C12H13BrINO2/c13-9-3-5-15(6-4-9)12(17)8-1-2-10(14)11(16)7-8/h1-2,7,9,16H,3-6H2.